The summed E-state index contributed by atoms with van der Waals surface area (Å²) < 4.78 is 22.6. The van der Waals surface area contributed by atoms with E-state index in [1.54, 1.807) is 0 Å². The molecule has 0 aliphatic carbocycles. The Balaban J connectivity index is 2.47. The van der Waals surface area contributed by atoms with Crippen LogP contribution in [0.5, 0.6) is 0 Å². The Morgan fingerprint density at radius 1 is 1.12 bits per heavy atom. The molecular formula is C20H26N2O2S. The highest BCUT2D eigenvalue weighted by Crippen LogP contribution is 2.27. The summed E-state index contributed by atoms with van der Waals surface area (Å²) >= 11 is 0. The van der Waals surface area contributed by atoms with Gasteiger partial charge < -0.3 is 5.32 Å². The Bertz CT molecular complexity index is 841. The lowest BCUT2D eigenvalue weighted by Crippen LogP contribution is -2.16. The van der Waals surface area contributed by atoms with E-state index in [9.17, 15) is 8.42 Å². The SMILES string of the molecule is CCC(=Nc1cc(C)c(Cc2cccc(C)c2)cc1C[SH](=O)=O)NC. The molecule has 0 aliphatic rings. The summed E-state index contributed by atoms with van der Waals surface area (Å²) in [4.78, 5) is 4.61. The van der Waals surface area contributed by atoms with Crippen LogP contribution in [0.2, 0.25) is 0 Å². The lowest BCUT2D eigenvalue weighted by atomic mass is 9.97. The minimum Gasteiger partial charge on any atom is -0.377 e. The van der Waals surface area contributed by atoms with E-state index in [2.05, 4.69) is 48.4 Å². The Kier molecular flexibility index (Phi) is 6.76. The molecule has 2 aromatic carbocycles. The average molecular weight is 359 g/mol. The minimum atomic E-state index is -2.50. The van der Waals surface area contributed by atoms with Gasteiger partial charge in [0.25, 0.3) is 0 Å². The van der Waals surface area contributed by atoms with Crippen molar-refractivity contribution in [3.63, 3.8) is 0 Å². The van der Waals surface area contributed by atoms with Crippen molar-refractivity contribution in [3.8, 4) is 0 Å². The largest absolute Gasteiger partial charge is 0.377 e. The van der Waals surface area contributed by atoms with E-state index in [4.69, 9.17) is 0 Å². The molecule has 5 heteroatoms. The summed E-state index contributed by atoms with van der Waals surface area (Å²) in [6, 6.07) is 12.4. The summed E-state index contributed by atoms with van der Waals surface area (Å²) in [6.07, 6.45) is 1.55. The Morgan fingerprint density at radius 3 is 2.48 bits per heavy atom. The third kappa shape index (κ3) is 5.43. The maximum absolute atomic E-state index is 11.3. The van der Waals surface area contributed by atoms with Gasteiger partial charge in [-0.2, -0.15) is 0 Å². The molecule has 0 unspecified atom stereocenters. The highest BCUT2D eigenvalue weighted by Gasteiger charge is 2.10. The molecule has 0 aromatic heterocycles. The molecule has 0 aliphatic heterocycles. The van der Waals surface area contributed by atoms with Crippen LogP contribution in [-0.2, 0) is 22.9 Å². The van der Waals surface area contributed by atoms with Crippen LogP contribution in [0.4, 0.5) is 5.69 Å². The van der Waals surface area contributed by atoms with Gasteiger partial charge in [0.1, 0.15) is 16.5 Å². The number of rotatable bonds is 6. The molecule has 2 aromatic rings. The lowest BCUT2D eigenvalue weighted by molar-refractivity contribution is 0.614. The van der Waals surface area contributed by atoms with Crippen molar-refractivity contribution in [2.45, 2.75) is 39.4 Å². The summed E-state index contributed by atoms with van der Waals surface area (Å²) in [5, 5.41) is 3.06. The number of nitrogens with zero attached hydrogens (tertiary/aromatic N) is 1. The molecule has 4 nitrogen and oxygen atoms in total. The van der Waals surface area contributed by atoms with Gasteiger partial charge in [0.15, 0.2) is 0 Å². The molecular weight excluding hydrogens is 332 g/mol. The standard InChI is InChI=1S/C20H26N2O2S/c1-5-20(21-4)22-19-10-15(3)17(12-18(19)13-25(23)24)11-16-8-6-7-14(2)9-16/h6-10,12,25H,5,11,13H2,1-4H3,(H,21,22). The molecule has 134 valence electrons. The summed E-state index contributed by atoms with van der Waals surface area (Å²) in [5.74, 6) is 0.851. The number of benzene rings is 2. The first-order chi connectivity index (χ1) is 11.9. The number of hydrogen-bond acceptors (Lipinski definition) is 3. The van der Waals surface area contributed by atoms with Gasteiger partial charge in [0, 0.05) is 13.5 Å². The van der Waals surface area contributed by atoms with Gasteiger partial charge in [-0.3, -0.25) is 0 Å². The van der Waals surface area contributed by atoms with E-state index in [0.717, 1.165) is 41.1 Å². The summed E-state index contributed by atoms with van der Waals surface area (Å²) in [6.45, 7) is 6.14. The Labute approximate surface area is 152 Å². The van der Waals surface area contributed by atoms with Gasteiger partial charge in [-0.1, -0.05) is 42.8 Å². The molecule has 25 heavy (non-hydrogen) atoms. The smallest absolute Gasteiger partial charge is 0.144 e. The first-order valence-electron chi connectivity index (χ1n) is 8.48. The molecule has 0 saturated heterocycles. The van der Waals surface area contributed by atoms with Gasteiger partial charge in [0.05, 0.1) is 11.4 Å². The number of hydrogen-bond donors (Lipinski definition) is 2. The van der Waals surface area contributed by atoms with Crippen LogP contribution < -0.4 is 5.32 Å². The zero-order chi connectivity index (χ0) is 18.4. The summed E-state index contributed by atoms with van der Waals surface area (Å²) in [5.41, 5.74) is 6.19. The molecule has 0 radical (unpaired) electrons. The molecule has 0 atom stereocenters. The van der Waals surface area contributed by atoms with Gasteiger partial charge in [-0.25, -0.2) is 13.4 Å². The van der Waals surface area contributed by atoms with E-state index in [1.807, 2.05) is 26.1 Å². The lowest BCUT2D eigenvalue weighted by Gasteiger charge is -2.13. The number of amidine groups is 1. The maximum Gasteiger partial charge on any atom is 0.144 e. The number of thiol groups is 1. The van der Waals surface area contributed by atoms with E-state index < -0.39 is 10.7 Å². The van der Waals surface area contributed by atoms with Crippen molar-refractivity contribution < 1.29 is 8.42 Å². The predicted octanol–water partition coefficient (Wildman–Crippen LogP) is 3.67. The fourth-order valence-electron chi connectivity index (χ4n) is 2.85. The third-order valence-corrected chi connectivity index (χ3v) is 4.79. The molecule has 2 rings (SSSR count). The Morgan fingerprint density at radius 2 is 1.88 bits per heavy atom. The topological polar surface area (TPSA) is 58.5 Å². The van der Waals surface area contributed by atoms with Gasteiger partial charge >= 0.3 is 0 Å². The van der Waals surface area contributed by atoms with Crippen LogP contribution in [-0.4, -0.2) is 21.3 Å². The molecule has 0 heterocycles. The van der Waals surface area contributed by atoms with Crippen molar-refractivity contribution in [1.29, 1.82) is 0 Å². The van der Waals surface area contributed by atoms with Crippen LogP contribution in [0.25, 0.3) is 0 Å². The molecule has 0 spiro atoms. The maximum atomic E-state index is 11.3. The second kappa shape index (κ2) is 8.81. The monoisotopic (exact) mass is 358 g/mol. The summed E-state index contributed by atoms with van der Waals surface area (Å²) in [7, 11) is -0.674. The van der Waals surface area contributed by atoms with Crippen LogP contribution in [0.1, 0.15) is 41.2 Å². The van der Waals surface area contributed by atoms with Crippen molar-refractivity contribution in [2.75, 3.05) is 7.05 Å². The van der Waals surface area contributed by atoms with E-state index in [0.29, 0.717) is 0 Å². The minimum absolute atomic E-state index is 0.00989. The van der Waals surface area contributed by atoms with Gasteiger partial charge in [-0.05, 0) is 48.6 Å². The number of nitrogens with one attached hydrogen (secondary N) is 1. The number of aryl methyl sites for hydroxylation is 2. The molecule has 0 bridgehead atoms. The highest BCUT2D eigenvalue weighted by molar-refractivity contribution is 7.71. The highest BCUT2D eigenvalue weighted by atomic mass is 32.2. The van der Waals surface area contributed by atoms with Crippen molar-refractivity contribution in [2.24, 2.45) is 4.99 Å². The number of aliphatic imine (C=N–C) groups is 1. The van der Waals surface area contributed by atoms with Crippen molar-refractivity contribution in [1.82, 2.24) is 5.32 Å². The van der Waals surface area contributed by atoms with E-state index in [-0.39, 0.29) is 5.75 Å². The second-order valence-electron chi connectivity index (χ2n) is 6.23. The predicted molar refractivity (Wildman–Crippen MR) is 106 cm³/mol. The van der Waals surface area contributed by atoms with E-state index in [1.165, 1.54) is 11.1 Å². The quantitative estimate of drug-likeness (QED) is 0.471. The van der Waals surface area contributed by atoms with Gasteiger partial charge in [0.2, 0.25) is 0 Å². The van der Waals surface area contributed by atoms with Crippen molar-refractivity contribution >= 4 is 22.2 Å². The zero-order valence-electron chi connectivity index (χ0n) is 15.3. The fourth-order valence-corrected chi connectivity index (χ4v) is 3.38. The average Bonchev–Trinajstić information content (AvgIpc) is 2.56. The third-order valence-electron chi connectivity index (χ3n) is 4.19. The molecule has 0 amide bonds. The van der Waals surface area contributed by atoms with Crippen LogP contribution in [0.3, 0.4) is 0 Å². The van der Waals surface area contributed by atoms with E-state index >= 15 is 0 Å². The fraction of sp³-hybridized carbons (Fsp3) is 0.350. The van der Waals surface area contributed by atoms with Crippen LogP contribution in [0.15, 0.2) is 41.4 Å². The van der Waals surface area contributed by atoms with Crippen LogP contribution >= 0.6 is 0 Å². The first-order valence-corrected chi connectivity index (χ1v) is 9.84. The second-order valence-corrected chi connectivity index (χ2v) is 7.21. The van der Waals surface area contributed by atoms with Crippen molar-refractivity contribution in [3.05, 3.63) is 64.2 Å². The molecule has 0 fully saturated rings. The zero-order valence-corrected chi connectivity index (χ0v) is 16.2. The normalized spacial score (nSPS) is 11.8. The van der Waals surface area contributed by atoms with Gasteiger partial charge in [-0.15, -0.1) is 0 Å². The Hall–Kier alpha value is -2.14. The molecule has 1 N–H and O–H groups in total. The molecule has 0 saturated carbocycles. The van der Waals surface area contributed by atoms with Crippen LogP contribution in [0, 0.1) is 13.8 Å². The first kappa shape index (κ1) is 19.2.